The van der Waals surface area contributed by atoms with Crippen molar-refractivity contribution in [2.75, 3.05) is 0 Å². The van der Waals surface area contributed by atoms with Gasteiger partial charge in [-0.25, -0.2) is 0 Å². The molecule has 0 bridgehead atoms. The second-order valence-electron chi connectivity index (χ2n) is 17.0. The van der Waals surface area contributed by atoms with E-state index in [4.69, 9.17) is 0 Å². The summed E-state index contributed by atoms with van der Waals surface area (Å²) in [5, 5.41) is 10.8. The maximum atomic E-state index is 2.46. The minimum atomic E-state index is 1.19. The second kappa shape index (κ2) is 18.2. The van der Waals surface area contributed by atoms with Crippen LogP contribution in [0.3, 0.4) is 0 Å². The van der Waals surface area contributed by atoms with Gasteiger partial charge < -0.3 is 0 Å². The van der Waals surface area contributed by atoms with E-state index in [2.05, 4.69) is 135 Å². The Balaban J connectivity index is 0.915. The van der Waals surface area contributed by atoms with Crippen molar-refractivity contribution < 1.29 is 0 Å². The number of hydrogen-bond acceptors (Lipinski definition) is 2. The van der Waals surface area contributed by atoms with Crippen molar-refractivity contribution in [3.8, 4) is 22.3 Å². The van der Waals surface area contributed by atoms with Gasteiger partial charge in [-0.05, 0) is 129 Å². The average molecular weight is 795 g/mol. The Morgan fingerprint density at radius 1 is 0.293 bits per heavy atom. The van der Waals surface area contributed by atoms with Crippen molar-refractivity contribution >= 4 is 84.6 Å². The highest BCUT2D eigenvalue weighted by molar-refractivity contribution is 7.27. The summed E-state index contributed by atoms with van der Waals surface area (Å²) >= 11 is 3.88. The number of benzene rings is 7. The predicted molar refractivity (Wildman–Crippen MR) is 261 cm³/mol. The summed E-state index contributed by atoms with van der Waals surface area (Å²) in [6, 6.07) is 47.4. The van der Waals surface area contributed by atoms with Crippen LogP contribution in [0.2, 0.25) is 0 Å². The van der Waals surface area contributed by atoms with Crippen molar-refractivity contribution in [3.05, 3.63) is 132 Å². The molecule has 0 aliphatic heterocycles. The summed E-state index contributed by atoms with van der Waals surface area (Å²) in [6.07, 6.45) is 21.5. The molecule has 0 aliphatic carbocycles. The van der Waals surface area contributed by atoms with Crippen molar-refractivity contribution in [1.29, 1.82) is 0 Å². The molecule has 58 heavy (non-hydrogen) atoms. The highest BCUT2D eigenvalue weighted by Crippen LogP contribution is 2.44. The van der Waals surface area contributed by atoms with Gasteiger partial charge in [-0.1, -0.05) is 164 Å². The van der Waals surface area contributed by atoms with E-state index >= 15 is 0 Å². The fraction of sp³-hybridized carbons (Fsp3) is 0.321. The molecule has 0 nitrogen and oxygen atoms in total. The van der Waals surface area contributed by atoms with E-state index in [0.29, 0.717) is 0 Å². The third-order valence-corrected chi connectivity index (χ3v) is 14.9. The van der Waals surface area contributed by atoms with Gasteiger partial charge in [0.25, 0.3) is 0 Å². The molecule has 0 saturated carbocycles. The lowest BCUT2D eigenvalue weighted by atomic mass is 9.97. The molecule has 0 saturated heterocycles. The highest BCUT2D eigenvalue weighted by atomic mass is 32.1. The Morgan fingerprint density at radius 2 is 0.638 bits per heavy atom. The van der Waals surface area contributed by atoms with Crippen LogP contribution in [-0.4, -0.2) is 0 Å². The zero-order chi connectivity index (χ0) is 39.3. The standard InChI is InChI=1S/C56H58S2/c1-3-5-7-9-11-13-15-17-39-19-23-41(24-20-39)43-27-29-45-33-49-51-37-56-52(38-55(51)57-53(49)35-47(45)31-43)50-34-46-30-28-44(32-48(46)36-54(50)58-56)42-25-21-40(22-26-42)18-16-14-12-10-8-6-4-2/h19-38H,3-18H2,1-2H3. The fourth-order valence-corrected chi connectivity index (χ4v) is 11.5. The summed E-state index contributed by atoms with van der Waals surface area (Å²) in [5.41, 5.74) is 8.14. The van der Waals surface area contributed by atoms with Crippen LogP contribution in [0, 0.1) is 0 Å². The van der Waals surface area contributed by atoms with Crippen LogP contribution in [0.1, 0.15) is 115 Å². The van der Waals surface area contributed by atoms with Gasteiger partial charge in [0.2, 0.25) is 0 Å². The minimum Gasteiger partial charge on any atom is -0.135 e. The molecule has 0 atom stereocenters. The number of aryl methyl sites for hydroxylation is 2. The number of fused-ring (bicyclic) bond motifs is 8. The number of rotatable bonds is 18. The smallest absolute Gasteiger partial charge is 0.0362 e. The lowest BCUT2D eigenvalue weighted by Gasteiger charge is -2.07. The average Bonchev–Trinajstić information content (AvgIpc) is 3.78. The van der Waals surface area contributed by atoms with E-state index in [0.717, 1.165) is 0 Å². The molecule has 294 valence electrons. The lowest BCUT2D eigenvalue weighted by molar-refractivity contribution is 0.589. The van der Waals surface area contributed by atoms with Crippen LogP contribution < -0.4 is 0 Å². The zero-order valence-corrected chi connectivity index (χ0v) is 36.3. The Morgan fingerprint density at radius 3 is 1.05 bits per heavy atom. The first-order valence-electron chi connectivity index (χ1n) is 22.5. The summed E-state index contributed by atoms with van der Waals surface area (Å²) in [5.74, 6) is 0. The van der Waals surface area contributed by atoms with Gasteiger partial charge in [0, 0.05) is 40.3 Å². The maximum Gasteiger partial charge on any atom is 0.0362 e. The van der Waals surface area contributed by atoms with Gasteiger partial charge in [0.15, 0.2) is 0 Å². The summed E-state index contributed by atoms with van der Waals surface area (Å²) in [4.78, 5) is 0. The minimum absolute atomic E-state index is 1.19. The monoisotopic (exact) mass is 794 g/mol. The SMILES string of the molecule is CCCCCCCCCc1ccc(-c2ccc3cc4c(cc3c2)sc2cc3c(cc24)sc2cc4cc(-c5ccc(CCCCCCCCC)cc5)ccc4cc23)cc1. The van der Waals surface area contributed by atoms with Gasteiger partial charge in [0.05, 0.1) is 0 Å². The Kier molecular flexibility index (Phi) is 12.2. The summed E-state index contributed by atoms with van der Waals surface area (Å²) in [7, 11) is 0. The van der Waals surface area contributed by atoms with E-state index in [9.17, 15) is 0 Å². The summed E-state index contributed by atoms with van der Waals surface area (Å²) < 4.78 is 5.49. The van der Waals surface area contributed by atoms with Gasteiger partial charge in [0.1, 0.15) is 0 Å². The maximum absolute atomic E-state index is 2.46. The van der Waals surface area contributed by atoms with Crippen LogP contribution in [0.25, 0.3) is 84.1 Å². The molecule has 0 amide bonds. The van der Waals surface area contributed by atoms with Crippen LogP contribution in [0.15, 0.2) is 121 Å². The molecule has 2 heterocycles. The molecule has 0 radical (unpaired) electrons. The fourth-order valence-electron chi connectivity index (χ4n) is 9.19. The van der Waals surface area contributed by atoms with Crippen molar-refractivity contribution in [3.63, 3.8) is 0 Å². The Bertz CT molecular complexity index is 2600. The molecule has 0 spiro atoms. The first-order valence-corrected chi connectivity index (χ1v) is 24.2. The van der Waals surface area contributed by atoms with E-state index in [1.807, 2.05) is 22.7 Å². The second-order valence-corrected chi connectivity index (χ2v) is 19.2. The Labute approximate surface area is 353 Å². The number of unbranched alkanes of at least 4 members (excludes halogenated alkanes) is 12. The normalized spacial score (nSPS) is 12.0. The van der Waals surface area contributed by atoms with E-state index < -0.39 is 0 Å². The third kappa shape index (κ3) is 8.61. The molecule has 0 unspecified atom stereocenters. The van der Waals surface area contributed by atoms with Crippen LogP contribution in [-0.2, 0) is 12.8 Å². The van der Waals surface area contributed by atoms with E-state index in [1.54, 1.807) is 0 Å². The van der Waals surface area contributed by atoms with Gasteiger partial charge >= 0.3 is 0 Å². The molecule has 9 rings (SSSR count). The van der Waals surface area contributed by atoms with Gasteiger partial charge in [-0.3, -0.25) is 0 Å². The highest BCUT2D eigenvalue weighted by Gasteiger charge is 2.14. The van der Waals surface area contributed by atoms with Crippen molar-refractivity contribution in [2.24, 2.45) is 0 Å². The van der Waals surface area contributed by atoms with Crippen LogP contribution in [0.4, 0.5) is 0 Å². The Hall–Kier alpha value is -4.50. The van der Waals surface area contributed by atoms with Crippen LogP contribution >= 0.6 is 22.7 Å². The molecular formula is C56H58S2. The van der Waals surface area contributed by atoms with Crippen LogP contribution in [0.5, 0.6) is 0 Å². The van der Waals surface area contributed by atoms with Gasteiger partial charge in [-0.2, -0.15) is 0 Å². The topological polar surface area (TPSA) is 0 Å². The molecule has 9 aromatic rings. The van der Waals surface area contributed by atoms with E-state index in [-0.39, 0.29) is 0 Å². The lowest BCUT2D eigenvalue weighted by Crippen LogP contribution is -1.87. The molecule has 0 N–H and O–H groups in total. The number of thiophene rings is 2. The molecule has 0 aliphatic rings. The van der Waals surface area contributed by atoms with Crippen molar-refractivity contribution in [1.82, 2.24) is 0 Å². The molecule has 2 heteroatoms. The zero-order valence-electron chi connectivity index (χ0n) is 34.7. The molecule has 7 aromatic carbocycles. The first-order chi connectivity index (χ1) is 28.6. The number of hydrogen-bond donors (Lipinski definition) is 0. The summed E-state index contributed by atoms with van der Waals surface area (Å²) in [6.45, 7) is 4.58. The van der Waals surface area contributed by atoms with Crippen molar-refractivity contribution in [2.45, 2.75) is 117 Å². The largest absolute Gasteiger partial charge is 0.135 e. The predicted octanol–water partition coefficient (Wildman–Crippen LogP) is 18.6. The molecule has 2 aromatic heterocycles. The quantitative estimate of drug-likeness (QED) is 0.0759. The molecular weight excluding hydrogens is 737 g/mol. The van der Waals surface area contributed by atoms with Gasteiger partial charge in [-0.15, -0.1) is 22.7 Å². The first kappa shape index (κ1) is 39.0. The third-order valence-electron chi connectivity index (χ3n) is 12.7. The molecule has 0 fully saturated rings. The van der Waals surface area contributed by atoms with E-state index in [1.165, 1.54) is 198 Å².